The second-order valence-corrected chi connectivity index (χ2v) is 8.49. The van der Waals surface area contributed by atoms with Crippen molar-refractivity contribution in [2.75, 3.05) is 20.3 Å². The standard InChI is InChI=1S/C21H18Br2ClN3O5/c1-4-31-17(28)10-32-20-16(30-3)7-12(18(23)19(20)24)9-25-27-11(2)26-15-6-5-13(22)8-14(15)21(27)29/h5-9H,4,10H2,1-3H3. The van der Waals surface area contributed by atoms with Crippen LogP contribution >= 0.6 is 43.5 Å². The average molecular weight is 588 g/mol. The maximum atomic E-state index is 12.9. The van der Waals surface area contributed by atoms with Gasteiger partial charge in [-0.3, -0.25) is 4.79 Å². The lowest BCUT2D eigenvalue weighted by molar-refractivity contribution is -0.145. The molecule has 3 aromatic rings. The molecule has 8 nitrogen and oxygen atoms in total. The number of methoxy groups -OCH3 is 1. The van der Waals surface area contributed by atoms with E-state index in [-0.39, 0.29) is 35.3 Å². The van der Waals surface area contributed by atoms with Crippen LogP contribution in [0.25, 0.3) is 10.9 Å². The molecule has 0 saturated heterocycles. The Kier molecular flexibility index (Phi) is 7.91. The Morgan fingerprint density at radius 1 is 1.31 bits per heavy atom. The van der Waals surface area contributed by atoms with Crippen molar-refractivity contribution in [3.63, 3.8) is 0 Å². The number of halogens is 3. The molecule has 0 bridgehead atoms. The molecule has 0 aliphatic rings. The van der Waals surface area contributed by atoms with Gasteiger partial charge in [0.15, 0.2) is 18.1 Å². The molecule has 0 unspecified atom stereocenters. The summed E-state index contributed by atoms with van der Waals surface area (Å²) in [6, 6.07) is 6.89. The zero-order chi connectivity index (χ0) is 23.4. The molecule has 11 heteroatoms. The third-order valence-corrected chi connectivity index (χ3v) is 6.23. The maximum absolute atomic E-state index is 12.9. The number of carbonyl (C=O) groups is 1. The van der Waals surface area contributed by atoms with E-state index in [9.17, 15) is 9.59 Å². The van der Waals surface area contributed by atoms with Crippen LogP contribution in [0.15, 0.2) is 43.1 Å². The van der Waals surface area contributed by atoms with Crippen LogP contribution < -0.4 is 15.0 Å². The van der Waals surface area contributed by atoms with Crippen molar-refractivity contribution in [2.24, 2.45) is 5.10 Å². The summed E-state index contributed by atoms with van der Waals surface area (Å²) < 4.78 is 18.1. The fourth-order valence-electron chi connectivity index (χ4n) is 2.83. The Morgan fingerprint density at radius 2 is 2.06 bits per heavy atom. The number of esters is 1. The molecule has 0 amide bonds. The number of aromatic nitrogens is 2. The first kappa shape index (κ1) is 24.2. The van der Waals surface area contributed by atoms with Gasteiger partial charge in [0.05, 0.1) is 30.8 Å². The Bertz CT molecular complexity index is 1280. The largest absolute Gasteiger partial charge is 0.493 e. The molecule has 1 heterocycles. The van der Waals surface area contributed by atoms with Crippen molar-refractivity contribution in [3.8, 4) is 11.5 Å². The van der Waals surface area contributed by atoms with Crippen molar-refractivity contribution in [2.45, 2.75) is 13.8 Å². The molecule has 0 N–H and O–H groups in total. The molecule has 32 heavy (non-hydrogen) atoms. The Morgan fingerprint density at radius 3 is 2.75 bits per heavy atom. The van der Waals surface area contributed by atoms with E-state index in [1.807, 2.05) is 6.07 Å². The van der Waals surface area contributed by atoms with Crippen molar-refractivity contribution < 1.29 is 19.0 Å². The van der Waals surface area contributed by atoms with E-state index in [1.165, 1.54) is 18.0 Å². The highest BCUT2D eigenvalue weighted by Crippen LogP contribution is 2.42. The van der Waals surface area contributed by atoms with Crippen molar-refractivity contribution in [3.05, 3.63) is 60.0 Å². The Hall–Kier alpha value is -2.43. The number of hydrogen-bond acceptors (Lipinski definition) is 7. The number of benzene rings is 2. The summed E-state index contributed by atoms with van der Waals surface area (Å²) >= 11 is 13.2. The highest BCUT2D eigenvalue weighted by Gasteiger charge is 2.18. The Labute approximate surface area is 205 Å². The highest BCUT2D eigenvalue weighted by molar-refractivity contribution is 9.10. The number of fused-ring (bicyclic) bond motifs is 1. The summed E-state index contributed by atoms with van der Waals surface area (Å²) in [5, 5.41) is 4.91. The lowest BCUT2D eigenvalue weighted by Crippen LogP contribution is -2.20. The molecule has 0 saturated carbocycles. The normalized spacial score (nSPS) is 11.2. The lowest BCUT2D eigenvalue weighted by Gasteiger charge is -2.14. The number of rotatable bonds is 7. The van der Waals surface area contributed by atoms with E-state index in [4.69, 9.17) is 25.8 Å². The number of ether oxygens (including phenoxy) is 3. The monoisotopic (exact) mass is 585 g/mol. The van der Waals surface area contributed by atoms with Crippen LogP contribution in [0.3, 0.4) is 0 Å². The smallest absolute Gasteiger partial charge is 0.344 e. The highest BCUT2D eigenvalue weighted by atomic mass is 79.9. The van der Waals surface area contributed by atoms with Gasteiger partial charge >= 0.3 is 5.97 Å². The number of aryl methyl sites for hydroxylation is 1. The third-order valence-electron chi connectivity index (χ3n) is 4.30. The first-order valence-electron chi connectivity index (χ1n) is 9.34. The molecule has 0 spiro atoms. The first-order valence-corrected chi connectivity index (χ1v) is 11.3. The van der Waals surface area contributed by atoms with Gasteiger partial charge in [0, 0.05) is 14.5 Å². The molecule has 0 fully saturated rings. The maximum Gasteiger partial charge on any atom is 0.344 e. The van der Waals surface area contributed by atoms with Gasteiger partial charge in [0.1, 0.15) is 10.8 Å². The number of carbonyl (C=O) groups excluding carboxylic acids is 1. The summed E-state index contributed by atoms with van der Waals surface area (Å²) in [5.41, 5.74) is 0.792. The predicted molar refractivity (Wildman–Crippen MR) is 129 cm³/mol. The van der Waals surface area contributed by atoms with Gasteiger partial charge < -0.3 is 14.2 Å². The van der Waals surface area contributed by atoms with Gasteiger partial charge in [0.25, 0.3) is 5.56 Å². The molecule has 0 aliphatic heterocycles. The number of hydrogen-bond donors (Lipinski definition) is 0. The van der Waals surface area contributed by atoms with E-state index in [1.54, 1.807) is 32.0 Å². The molecule has 0 aliphatic carbocycles. The van der Waals surface area contributed by atoms with Crippen molar-refractivity contribution in [1.82, 2.24) is 9.66 Å². The summed E-state index contributed by atoms with van der Waals surface area (Å²) in [6.45, 7) is 3.31. The van der Waals surface area contributed by atoms with E-state index in [2.05, 4.69) is 41.9 Å². The zero-order valence-electron chi connectivity index (χ0n) is 17.3. The molecule has 1 aromatic heterocycles. The summed E-state index contributed by atoms with van der Waals surface area (Å²) in [4.78, 5) is 29.0. The minimum Gasteiger partial charge on any atom is -0.493 e. The zero-order valence-corrected chi connectivity index (χ0v) is 21.2. The quantitative estimate of drug-likeness (QED) is 0.294. The average Bonchev–Trinajstić information content (AvgIpc) is 2.76. The number of nitrogens with zero attached hydrogens (tertiary/aromatic N) is 3. The second kappa shape index (κ2) is 10.5. The van der Waals surface area contributed by atoms with Crippen molar-refractivity contribution in [1.29, 1.82) is 0 Å². The molecule has 3 rings (SSSR count). The Balaban J connectivity index is 2.00. The first-order chi connectivity index (χ1) is 15.3. The molecular weight excluding hydrogens is 570 g/mol. The summed E-state index contributed by atoms with van der Waals surface area (Å²) in [7, 11) is 1.44. The van der Waals surface area contributed by atoms with Crippen LogP contribution in [-0.4, -0.2) is 42.2 Å². The SMILES string of the molecule is CCOC(=O)COc1c(OC)cc(C=Nn2c(C)nc3ccc(Br)cc3c2=O)c(Br)c1Cl. The fourth-order valence-corrected chi connectivity index (χ4v) is 3.85. The van der Waals surface area contributed by atoms with Gasteiger partial charge in [-0.15, -0.1) is 0 Å². The van der Waals surface area contributed by atoms with Gasteiger partial charge in [-0.05, 0) is 54.0 Å². The minimum absolute atomic E-state index is 0.178. The summed E-state index contributed by atoms with van der Waals surface area (Å²) in [5.74, 6) is 0.354. The van der Waals surface area contributed by atoms with Crippen LogP contribution in [0.1, 0.15) is 18.3 Å². The van der Waals surface area contributed by atoms with Crippen LogP contribution in [0.5, 0.6) is 11.5 Å². The molecule has 0 atom stereocenters. The van der Waals surface area contributed by atoms with Crippen LogP contribution in [0.4, 0.5) is 0 Å². The third kappa shape index (κ3) is 5.13. The van der Waals surface area contributed by atoms with E-state index < -0.39 is 5.97 Å². The topological polar surface area (TPSA) is 92.0 Å². The van der Waals surface area contributed by atoms with Crippen LogP contribution in [-0.2, 0) is 9.53 Å². The van der Waals surface area contributed by atoms with E-state index >= 15 is 0 Å². The molecule has 2 aromatic carbocycles. The lowest BCUT2D eigenvalue weighted by atomic mass is 10.2. The van der Waals surface area contributed by atoms with Gasteiger partial charge in [-0.2, -0.15) is 9.78 Å². The molecule has 0 radical (unpaired) electrons. The van der Waals surface area contributed by atoms with Gasteiger partial charge in [-0.1, -0.05) is 27.5 Å². The summed E-state index contributed by atoms with van der Waals surface area (Å²) in [6.07, 6.45) is 1.45. The second-order valence-electron chi connectivity index (χ2n) is 6.40. The van der Waals surface area contributed by atoms with E-state index in [0.29, 0.717) is 26.8 Å². The molecule has 168 valence electrons. The van der Waals surface area contributed by atoms with Crippen LogP contribution in [0, 0.1) is 6.92 Å². The van der Waals surface area contributed by atoms with Crippen LogP contribution in [0.2, 0.25) is 5.02 Å². The van der Waals surface area contributed by atoms with Gasteiger partial charge in [-0.25, -0.2) is 9.78 Å². The minimum atomic E-state index is -0.530. The van der Waals surface area contributed by atoms with Gasteiger partial charge in [0.2, 0.25) is 0 Å². The van der Waals surface area contributed by atoms with E-state index in [0.717, 1.165) is 4.47 Å². The predicted octanol–water partition coefficient (Wildman–Crippen LogP) is 4.72. The van der Waals surface area contributed by atoms with Crippen molar-refractivity contribution >= 4 is 66.5 Å². The molecular formula is C21H18Br2ClN3O5. The fraction of sp³-hybridized carbons (Fsp3) is 0.238.